The van der Waals surface area contributed by atoms with Crippen molar-refractivity contribution < 1.29 is 19.1 Å². The number of hydrogen-bond acceptors (Lipinski definition) is 4. The van der Waals surface area contributed by atoms with Gasteiger partial charge in [-0.25, -0.2) is 4.79 Å². The van der Waals surface area contributed by atoms with Gasteiger partial charge in [0.25, 0.3) is 5.91 Å². The molecule has 1 N–H and O–H groups in total. The van der Waals surface area contributed by atoms with Gasteiger partial charge in [-0.05, 0) is 40.5 Å². The number of carbonyl (C=O) groups is 2. The first kappa shape index (κ1) is 16.5. The number of rotatable bonds is 7. The number of hydrogen-bond donors (Lipinski definition) is 1. The number of carbonyl (C=O) groups excluding carboxylic acids is 2. The largest absolute Gasteiger partial charge is 0.497 e. The Labute approximate surface area is 126 Å². The molecule has 0 aliphatic rings. The fourth-order valence-electron chi connectivity index (χ4n) is 1.45. The Bertz CT molecular complexity index is 476. The first-order valence-electron chi connectivity index (χ1n) is 6.35. The number of methoxy groups -OCH3 is 1. The summed E-state index contributed by atoms with van der Waals surface area (Å²) in [7, 11) is 1.51. The van der Waals surface area contributed by atoms with Crippen molar-refractivity contribution in [1.29, 1.82) is 0 Å². The highest BCUT2D eigenvalue weighted by Crippen LogP contribution is 2.23. The lowest BCUT2D eigenvalue weighted by Crippen LogP contribution is -2.29. The van der Waals surface area contributed by atoms with Crippen LogP contribution in [0.1, 0.15) is 30.1 Å². The summed E-state index contributed by atoms with van der Waals surface area (Å²) in [6.07, 6.45) is 1.90. The lowest BCUT2D eigenvalue weighted by Gasteiger charge is -2.08. The van der Waals surface area contributed by atoms with Crippen LogP contribution in [-0.2, 0) is 9.53 Å². The minimum Gasteiger partial charge on any atom is -0.497 e. The van der Waals surface area contributed by atoms with Crippen LogP contribution in [-0.4, -0.2) is 32.1 Å². The van der Waals surface area contributed by atoms with Gasteiger partial charge in [0.2, 0.25) is 0 Å². The van der Waals surface area contributed by atoms with Crippen LogP contribution in [0, 0.1) is 0 Å². The zero-order valence-corrected chi connectivity index (χ0v) is 13.2. The first-order valence-corrected chi connectivity index (χ1v) is 7.15. The van der Waals surface area contributed by atoms with Gasteiger partial charge in [-0.3, -0.25) is 4.79 Å². The molecule has 0 unspecified atom stereocenters. The summed E-state index contributed by atoms with van der Waals surface area (Å²) in [5.74, 6) is -0.320. The third-order valence-electron chi connectivity index (χ3n) is 2.58. The van der Waals surface area contributed by atoms with E-state index in [1.807, 2.05) is 6.92 Å². The molecule has 0 saturated heterocycles. The summed E-state index contributed by atoms with van der Waals surface area (Å²) in [6, 6.07) is 4.97. The van der Waals surface area contributed by atoms with Crippen molar-refractivity contribution >= 4 is 27.8 Å². The summed E-state index contributed by atoms with van der Waals surface area (Å²) in [5, 5.41) is 2.68. The molecule has 0 spiro atoms. The van der Waals surface area contributed by atoms with Crippen molar-refractivity contribution in [2.45, 2.75) is 19.8 Å². The lowest BCUT2D eigenvalue weighted by atomic mass is 10.2. The molecule has 1 rings (SSSR count). The molecule has 0 saturated carbocycles. The molecule has 0 aliphatic heterocycles. The summed E-state index contributed by atoms with van der Waals surface area (Å²) < 4.78 is 10.6. The quantitative estimate of drug-likeness (QED) is 0.610. The summed E-state index contributed by atoms with van der Waals surface area (Å²) in [4.78, 5) is 23.3. The van der Waals surface area contributed by atoms with E-state index in [1.165, 1.54) is 7.11 Å². The van der Waals surface area contributed by atoms with E-state index in [4.69, 9.17) is 9.47 Å². The molecule has 0 fully saturated rings. The van der Waals surface area contributed by atoms with Gasteiger partial charge in [0, 0.05) is 11.0 Å². The fraction of sp³-hybridized carbons (Fsp3) is 0.429. The Balaban J connectivity index is 2.52. The van der Waals surface area contributed by atoms with Crippen LogP contribution in [0.5, 0.6) is 5.75 Å². The van der Waals surface area contributed by atoms with Crippen molar-refractivity contribution in [3.8, 4) is 5.75 Å². The van der Waals surface area contributed by atoms with E-state index >= 15 is 0 Å². The van der Waals surface area contributed by atoms with Crippen molar-refractivity contribution in [3.05, 3.63) is 28.2 Å². The number of amides is 1. The van der Waals surface area contributed by atoms with Gasteiger partial charge in [0.15, 0.2) is 6.61 Å². The molecule has 1 aromatic carbocycles. The lowest BCUT2D eigenvalue weighted by molar-refractivity contribution is -0.124. The summed E-state index contributed by atoms with van der Waals surface area (Å²) >= 11 is 3.26. The van der Waals surface area contributed by atoms with Crippen molar-refractivity contribution in [2.24, 2.45) is 0 Å². The maximum atomic E-state index is 11.9. The van der Waals surface area contributed by atoms with E-state index in [-0.39, 0.29) is 12.5 Å². The minimum absolute atomic E-state index is 0.286. The van der Waals surface area contributed by atoms with Crippen molar-refractivity contribution in [3.63, 3.8) is 0 Å². The molecule has 0 radical (unpaired) electrons. The Morgan fingerprint density at radius 3 is 2.75 bits per heavy atom. The molecule has 110 valence electrons. The van der Waals surface area contributed by atoms with Crippen LogP contribution in [0.3, 0.4) is 0 Å². The average Bonchev–Trinajstić information content (AvgIpc) is 2.45. The van der Waals surface area contributed by atoms with Crippen LogP contribution >= 0.6 is 15.9 Å². The molecule has 1 aromatic rings. The number of esters is 1. The van der Waals surface area contributed by atoms with Gasteiger partial charge < -0.3 is 14.8 Å². The van der Waals surface area contributed by atoms with E-state index in [2.05, 4.69) is 21.2 Å². The van der Waals surface area contributed by atoms with E-state index < -0.39 is 5.97 Å². The van der Waals surface area contributed by atoms with E-state index in [1.54, 1.807) is 18.2 Å². The zero-order chi connectivity index (χ0) is 15.0. The monoisotopic (exact) mass is 343 g/mol. The molecule has 0 heterocycles. The number of benzene rings is 1. The molecule has 0 bridgehead atoms. The molecule has 1 amide bonds. The number of halogens is 1. The second-order valence-corrected chi connectivity index (χ2v) is 4.98. The second-order valence-electron chi connectivity index (χ2n) is 4.13. The topological polar surface area (TPSA) is 64.6 Å². The highest BCUT2D eigenvalue weighted by Gasteiger charge is 2.14. The smallest absolute Gasteiger partial charge is 0.339 e. The molecule has 5 nitrogen and oxygen atoms in total. The maximum absolute atomic E-state index is 11.9. The number of nitrogens with one attached hydrogen (secondary N) is 1. The third kappa shape index (κ3) is 5.21. The normalized spacial score (nSPS) is 9.95. The fourth-order valence-corrected chi connectivity index (χ4v) is 1.86. The summed E-state index contributed by atoms with van der Waals surface area (Å²) in [5.41, 5.74) is 0.325. The number of unbranched alkanes of at least 4 members (excludes halogenated alkanes) is 1. The Kier molecular flexibility index (Phi) is 7.08. The second kappa shape index (κ2) is 8.58. The van der Waals surface area contributed by atoms with Crippen LogP contribution in [0.4, 0.5) is 0 Å². The van der Waals surface area contributed by atoms with Crippen molar-refractivity contribution in [2.75, 3.05) is 20.3 Å². The van der Waals surface area contributed by atoms with E-state index in [0.717, 1.165) is 12.8 Å². The zero-order valence-electron chi connectivity index (χ0n) is 11.6. The molecule has 6 heteroatoms. The molecular weight excluding hydrogens is 326 g/mol. The first-order chi connectivity index (χ1) is 9.58. The average molecular weight is 344 g/mol. The highest BCUT2D eigenvalue weighted by molar-refractivity contribution is 9.10. The van der Waals surface area contributed by atoms with Gasteiger partial charge in [-0.15, -0.1) is 0 Å². The SMILES string of the molecule is CCCCNC(=O)COC(=O)c1cc(OC)ccc1Br. The Hall–Kier alpha value is -1.56. The highest BCUT2D eigenvalue weighted by atomic mass is 79.9. The Morgan fingerprint density at radius 2 is 2.10 bits per heavy atom. The molecule has 20 heavy (non-hydrogen) atoms. The molecular formula is C14H18BrNO4. The molecule has 0 aliphatic carbocycles. The minimum atomic E-state index is -0.568. The van der Waals surface area contributed by atoms with Crippen LogP contribution in [0.15, 0.2) is 22.7 Å². The van der Waals surface area contributed by atoms with E-state index in [9.17, 15) is 9.59 Å². The molecule has 0 aromatic heterocycles. The van der Waals surface area contributed by atoms with Gasteiger partial charge in [0.05, 0.1) is 12.7 Å². The van der Waals surface area contributed by atoms with Gasteiger partial charge in [-0.1, -0.05) is 13.3 Å². The number of ether oxygens (including phenoxy) is 2. The van der Waals surface area contributed by atoms with Crippen LogP contribution in [0.25, 0.3) is 0 Å². The predicted molar refractivity (Wildman–Crippen MR) is 78.9 cm³/mol. The summed E-state index contributed by atoms with van der Waals surface area (Å²) in [6.45, 7) is 2.34. The van der Waals surface area contributed by atoms with Gasteiger partial charge in [-0.2, -0.15) is 0 Å². The van der Waals surface area contributed by atoms with Gasteiger partial charge in [0.1, 0.15) is 5.75 Å². The van der Waals surface area contributed by atoms with Gasteiger partial charge >= 0.3 is 5.97 Å². The third-order valence-corrected chi connectivity index (χ3v) is 3.27. The van der Waals surface area contributed by atoms with Crippen LogP contribution < -0.4 is 10.1 Å². The van der Waals surface area contributed by atoms with Crippen molar-refractivity contribution in [1.82, 2.24) is 5.32 Å². The Morgan fingerprint density at radius 1 is 1.35 bits per heavy atom. The standard InChI is InChI=1S/C14H18BrNO4/c1-3-4-7-16-13(17)9-20-14(18)11-8-10(19-2)5-6-12(11)15/h5-6,8H,3-4,7,9H2,1-2H3,(H,16,17). The maximum Gasteiger partial charge on any atom is 0.339 e. The van der Waals surface area contributed by atoms with E-state index in [0.29, 0.717) is 22.3 Å². The molecule has 0 atom stereocenters. The van der Waals surface area contributed by atoms with Crippen LogP contribution in [0.2, 0.25) is 0 Å². The predicted octanol–water partition coefficient (Wildman–Crippen LogP) is 2.53.